The zero-order valence-electron chi connectivity index (χ0n) is 34.1. The Morgan fingerprint density at radius 2 is 0.959 bits per heavy atom. The summed E-state index contributed by atoms with van der Waals surface area (Å²) in [5.74, 6) is 0.238. The predicted octanol–water partition coefficient (Wildman–Crippen LogP) is 13.7. The Bertz CT molecular complexity index is 3200. The molecule has 0 unspecified atom stereocenters. The molecule has 0 bridgehead atoms. The lowest BCUT2D eigenvalue weighted by Gasteiger charge is -2.17. The summed E-state index contributed by atoms with van der Waals surface area (Å²) >= 11 is 0. The van der Waals surface area contributed by atoms with Gasteiger partial charge in [-0.1, -0.05) is 158 Å². The van der Waals surface area contributed by atoms with E-state index in [4.69, 9.17) is 9.90 Å². The maximum absolute atomic E-state index is 9.27. The first-order valence-electron chi connectivity index (χ1n) is 20.2. The third-order valence-electron chi connectivity index (χ3n) is 9.50. The first-order valence-corrected chi connectivity index (χ1v) is 16.2. The van der Waals surface area contributed by atoms with Crippen molar-refractivity contribution in [1.29, 1.82) is 0 Å². The maximum atomic E-state index is 9.27. The predicted molar refractivity (Wildman–Crippen MR) is 208 cm³/mol. The fourth-order valence-corrected chi connectivity index (χ4v) is 7.23. The summed E-state index contributed by atoms with van der Waals surface area (Å²) in [5, 5.41) is 5.82. The normalized spacial score (nSPS) is 14.0. The lowest BCUT2D eigenvalue weighted by atomic mass is 9.87. The zero-order chi connectivity index (χ0) is 39.3. The van der Waals surface area contributed by atoms with Gasteiger partial charge in [-0.2, -0.15) is 0 Å². The summed E-state index contributed by atoms with van der Waals surface area (Å²) in [5.41, 5.74) is 5.66. The van der Waals surface area contributed by atoms with Gasteiger partial charge in [0.15, 0.2) is 0 Å². The van der Waals surface area contributed by atoms with Crippen molar-refractivity contribution in [2.24, 2.45) is 0 Å². The minimum atomic E-state index is -0.453. The lowest BCUT2D eigenvalue weighted by Crippen LogP contribution is -1.90. The molecular weight excluding hydrogens is 593 g/mol. The molecular formula is C48H30O. The van der Waals surface area contributed by atoms with Crippen molar-refractivity contribution in [2.45, 2.75) is 0 Å². The van der Waals surface area contributed by atoms with Crippen molar-refractivity contribution in [3.8, 4) is 44.7 Å². The van der Waals surface area contributed by atoms with Gasteiger partial charge in [0.1, 0.15) is 11.3 Å². The quantitative estimate of drug-likeness (QED) is 0.139. The molecule has 0 atom stereocenters. The van der Waals surface area contributed by atoms with E-state index in [0.29, 0.717) is 16.7 Å². The highest BCUT2D eigenvalue weighted by molar-refractivity contribution is 6.21. The lowest BCUT2D eigenvalue weighted by molar-refractivity contribution is 0.633. The van der Waals surface area contributed by atoms with Gasteiger partial charge in [-0.15, -0.1) is 0 Å². The van der Waals surface area contributed by atoms with Gasteiger partial charge in [0.2, 0.25) is 0 Å². The molecule has 0 fully saturated rings. The van der Waals surface area contributed by atoms with Gasteiger partial charge in [-0.25, -0.2) is 0 Å². The Morgan fingerprint density at radius 3 is 1.67 bits per heavy atom. The highest BCUT2D eigenvalue weighted by Gasteiger charge is 2.19. The van der Waals surface area contributed by atoms with E-state index in [9.17, 15) is 5.48 Å². The van der Waals surface area contributed by atoms with Crippen molar-refractivity contribution in [1.82, 2.24) is 0 Å². The molecule has 9 aromatic carbocycles. The van der Waals surface area contributed by atoms with Crippen molar-refractivity contribution >= 4 is 54.1 Å². The molecule has 0 saturated carbocycles. The van der Waals surface area contributed by atoms with Crippen LogP contribution in [0.1, 0.15) is 11.0 Å². The molecule has 1 heteroatoms. The van der Waals surface area contributed by atoms with E-state index in [-0.39, 0.29) is 57.0 Å². The molecule has 0 radical (unpaired) electrons. The molecule has 0 amide bonds. The number of fused-ring (bicyclic) bond motifs is 6. The van der Waals surface area contributed by atoms with Crippen molar-refractivity contribution in [2.75, 3.05) is 0 Å². The van der Waals surface area contributed by atoms with Gasteiger partial charge >= 0.3 is 0 Å². The third kappa shape index (κ3) is 4.47. The monoisotopic (exact) mass is 630 g/mol. The minimum absolute atomic E-state index is 0.117. The number of para-hydroxylation sites is 1. The first kappa shape index (κ1) is 20.7. The Morgan fingerprint density at radius 1 is 0.367 bits per heavy atom. The van der Waals surface area contributed by atoms with Crippen molar-refractivity contribution in [3.63, 3.8) is 0 Å². The molecule has 10 aromatic rings. The smallest absolute Gasteiger partial charge is 0.136 e. The van der Waals surface area contributed by atoms with Crippen LogP contribution in [0.3, 0.4) is 0 Å². The zero-order valence-corrected chi connectivity index (χ0v) is 26.1. The summed E-state index contributed by atoms with van der Waals surface area (Å²) < 4.78 is 78.2. The molecule has 10 rings (SSSR count). The fraction of sp³-hybridized carbons (Fsp3) is 0. The van der Waals surface area contributed by atoms with Gasteiger partial charge in [-0.3, -0.25) is 0 Å². The van der Waals surface area contributed by atoms with E-state index in [1.54, 1.807) is 12.1 Å². The summed E-state index contributed by atoms with van der Waals surface area (Å²) in [6, 6.07) is 40.9. The Labute approximate surface area is 295 Å². The number of furan rings is 1. The van der Waals surface area contributed by atoms with Gasteiger partial charge < -0.3 is 4.42 Å². The van der Waals surface area contributed by atoms with Gasteiger partial charge in [0.25, 0.3) is 0 Å². The second-order valence-corrected chi connectivity index (χ2v) is 12.2. The van der Waals surface area contributed by atoms with E-state index in [1.165, 1.54) is 0 Å². The number of hydrogen-bond donors (Lipinski definition) is 0. The van der Waals surface area contributed by atoms with Gasteiger partial charge in [0.05, 0.1) is 11.0 Å². The van der Waals surface area contributed by atoms with E-state index >= 15 is 0 Å². The molecule has 0 aliphatic rings. The van der Waals surface area contributed by atoms with Crippen LogP contribution >= 0.6 is 0 Å². The molecule has 0 spiro atoms. The van der Waals surface area contributed by atoms with E-state index in [1.807, 2.05) is 72.8 Å². The van der Waals surface area contributed by atoms with Crippen LogP contribution in [-0.2, 0) is 0 Å². The third-order valence-corrected chi connectivity index (χ3v) is 9.50. The molecule has 49 heavy (non-hydrogen) atoms. The molecule has 0 aliphatic heterocycles. The average molecular weight is 631 g/mol. The highest BCUT2D eigenvalue weighted by Crippen LogP contribution is 2.45. The summed E-state index contributed by atoms with van der Waals surface area (Å²) in [4.78, 5) is 0. The van der Waals surface area contributed by atoms with Crippen molar-refractivity contribution in [3.05, 3.63) is 182 Å². The van der Waals surface area contributed by atoms with Gasteiger partial charge in [-0.05, 0) is 101 Å². The average Bonchev–Trinajstić information content (AvgIpc) is 3.69. The molecule has 0 saturated heterocycles. The van der Waals surface area contributed by atoms with Crippen LogP contribution in [0.15, 0.2) is 186 Å². The fourth-order valence-electron chi connectivity index (χ4n) is 7.23. The van der Waals surface area contributed by atoms with E-state index < -0.39 is 24.2 Å². The summed E-state index contributed by atoms with van der Waals surface area (Å²) in [7, 11) is 0. The first-order chi connectivity index (χ1) is 27.6. The Balaban J connectivity index is 1.25. The van der Waals surface area contributed by atoms with Crippen LogP contribution in [0.4, 0.5) is 0 Å². The minimum Gasteiger partial charge on any atom is -0.456 e. The number of rotatable bonds is 4. The molecule has 0 aliphatic carbocycles. The molecule has 228 valence electrons. The topological polar surface area (TPSA) is 13.1 Å². The van der Waals surface area contributed by atoms with Crippen LogP contribution < -0.4 is 0 Å². The van der Waals surface area contributed by atoms with E-state index in [2.05, 4.69) is 48.5 Å². The van der Waals surface area contributed by atoms with Crippen molar-refractivity contribution < 1.29 is 15.4 Å². The number of benzene rings is 9. The summed E-state index contributed by atoms with van der Waals surface area (Å²) in [6.45, 7) is 0. The van der Waals surface area contributed by atoms with Crippen LogP contribution in [-0.4, -0.2) is 0 Å². The standard InChI is InChI=1S/C48H30O/c1-2-12-32(13-3-1)43-29-35-14-4-6-16-37(35)38-27-26-34(28-44(38)43)31-22-24-33(25-23-31)47-39-17-7-9-19-41(39)48(42-20-10-8-18-40(42)47)46-30-36-15-5-11-21-45(36)49-46/h1-30H/i7D,8D,9D,10D,17D,18D,19D,20D. The molecule has 0 N–H and O–H groups in total. The van der Waals surface area contributed by atoms with Crippen LogP contribution in [0.25, 0.3) is 98.8 Å². The second kappa shape index (κ2) is 11.1. The Kier molecular flexibility index (Phi) is 4.69. The van der Waals surface area contributed by atoms with Gasteiger partial charge in [0, 0.05) is 10.9 Å². The van der Waals surface area contributed by atoms with Crippen LogP contribution in [0, 0.1) is 0 Å². The highest BCUT2D eigenvalue weighted by atomic mass is 16.3. The number of hydrogen-bond acceptors (Lipinski definition) is 1. The molecule has 1 aromatic heterocycles. The second-order valence-electron chi connectivity index (χ2n) is 12.2. The maximum Gasteiger partial charge on any atom is 0.136 e. The van der Waals surface area contributed by atoms with Crippen LogP contribution in [0.5, 0.6) is 0 Å². The molecule has 1 heterocycles. The molecule has 1 nitrogen and oxygen atoms in total. The largest absolute Gasteiger partial charge is 0.456 e. The SMILES string of the molecule is [2H]c1c([2H])c([2H])c2c(-c3cc4ccccc4o3)c3c([2H])c([2H])c([2H])c([2H])c3c(-c3ccc(-c4ccc5c(c4)c(-c4ccccc4)cc4ccccc45)cc3)c2c1[2H]. The van der Waals surface area contributed by atoms with E-state index in [0.717, 1.165) is 49.2 Å². The summed E-state index contributed by atoms with van der Waals surface area (Å²) in [6.07, 6.45) is 0. The van der Waals surface area contributed by atoms with Crippen LogP contribution in [0.2, 0.25) is 0 Å². The Hall–Kier alpha value is -6.44.